The van der Waals surface area contributed by atoms with Gasteiger partial charge in [-0.25, -0.2) is 8.42 Å². The predicted molar refractivity (Wildman–Crippen MR) is 116 cm³/mol. The van der Waals surface area contributed by atoms with Gasteiger partial charge in [0.2, 0.25) is 15.9 Å². The molecule has 0 aliphatic rings. The van der Waals surface area contributed by atoms with Crippen molar-refractivity contribution in [3.8, 4) is 0 Å². The number of sulfonamides is 1. The number of nitro benzene ring substituents is 1. The van der Waals surface area contributed by atoms with Crippen LogP contribution < -0.4 is 5.73 Å². The average Bonchev–Trinajstić information content (AvgIpc) is 2.74. The van der Waals surface area contributed by atoms with Gasteiger partial charge in [0.25, 0.3) is 5.69 Å². The highest BCUT2D eigenvalue weighted by Gasteiger charge is 2.36. The molecule has 0 aliphatic carbocycles. The first-order valence-corrected chi connectivity index (χ1v) is 10.9. The van der Waals surface area contributed by atoms with Crippen molar-refractivity contribution < 1.29 is 18.1 Å². The Morgan fingerprint density at radius 1 is 1.00 bits per heavy atom. The third kappa shape index (κ3) is 5.08. The van der Waals surface area contributed by atoms with Crippen LogP contribution >= 0.6 is 11.6 Å². The first-order valence-electron chi connectivity index (χ1n) is 9.05. The van der Waals surface area contributed by atoms with Gasteiger partial charge in [0.15, 0.2) is 0 Å². The number of hydrogen-bond donors (Lipinski definition) is 1. The van der Waals surface area contributed by atoms with Crippen LogP contribution in [-0.2, 0) is 21.4 Å². The minimum atomic E-state index is -4.19. The van der Waals surface area contributed by atoms with Crippen LogP contribution in [-0.4, -0.2) is 23.6 Å². The van der Waals surface area contributed by atoms with Gasteiger partial charge in [0.05, 0.1) is 9.82 Å². The topological polar surface area (TPSA) is 124 Å². The molecule has 31 heavy (non-hydrogen) atoms. The summed E-state index contributed by atoms with van der Waals surface area (Å²) in [5.41, 5.74) is 6.34. The molecule has 10 heteroatoms. The second kappa shape index (κ2) is 9.25. The van der Waals surface area contributed by atoms with Crippen LogP contribution in [0.3, 0.4) is 0 Å². The van der Waals surface area contributed by atoms with E-state index >= 15 is 0 Å². The lowest BCUT2D eigenvalue weighted by atomic mass is 10.1. The summed E-state index contributed by atoms with van der Waals surface area (Å²) in [7, 11) is -4.19. The van der Waals surface area contributed by atoms with Gasteiger partial charge in [-0.2, -0.15) is 4.31 Å². The Bertz CT molecular complexity index is 1180. The number of benzene rings is 3. The fourth-order valence-electron chi connectivity index (χ4n) is 3.07. The lowest BCUT2D eigenvalue weighted by Crippen LogP contribution is -2.41. The maximum atomic E-state index is 13.5. The molecule has 0 spiro atoms. The van der Waals surface area contributed by atoms with E-state index in [0.717, 1.165) is 4.31 Å². The number of carbonyl (C=O) groups is 1. The number of nitrogens with two attached hydrogens (primary N) is 1. The van der Waals surface area contributed by atoms with Crippen LogP contribution in [0.5, 0.6) is 0 Å². The first-order chi connectivity index (χ1) is 14.7. The number of halogens is 1. The molecule has 0 fully saturated rings. The molecule has 0 aliphatic heterocycles. The highest BCUT2D eigenvalue weighted by Crippen LogP contribution is 2.30. The molecule has 3 aromatic carbocycles. The zero-order valence-corrected chi connectivity index (χ0v) is 17.7. The number of hydrogen-bond acceptors (Lipinski definition) is 5. The summed E-state index contributed by atoms with van der Waals surface area (Å²) >= 11 is 5.88. The molecule has 0 bridgehead atoms. The third-order valence-corrected chi connectivity index (χ3v) is 6.66. The molecule has 0 saturated carbocycles. The van der Waals surface area contributed by atoms with Crippen molar-refractivity contribution in [3.63, 3.8) is 0 Å². The summed E-state index contributed by atoms with van der Waals surface area (Å²) in [6, 6.07) is 17.9. The smallest absolute Gasteiger partial charge is 0.269 e. The first kappa shape index (κ1) is 22.4. The molecule has 160 valence electrons. The SMILES string of the molecule is NC(=O)C(c1ccccc1)N(Cc1ccc([N+](=O)[O-])cc1)S(=O)(=O)c1ccc(Cl)cc1. The Morgan fingerprint density at radius 3 is 2.10 bits per heavy atom. The number of nitro groups is 1. The summed E-state index contributed by atoms with van der Waals surface area (Å²) in [5, 5.41) is 11.3. The molecule has 0 aromatic heterocycles. The number of carbonyl (C=O) groups excluding carboxylic acids is 1. The Balaban J connectivity index is 2.11. The maximum absolute atomic E-state index is 13.5. The van der Waals surface area contributed by atoms with E-state index in [1.807, 2.05) is 0 Å². The summed E-state index contributed by atoms with van der Waals surface area (Å²) < 4.78 is 28.0. The van der Waals surface area contributed by atoms with Crippen LogP contribution in [0, 0.1) is 10.1 Å². The van der Waals surface area contributed by atoms with E-state index in [1.165, 1.54) is 48.5 Å². The van der Waals surface area contributed by atoms with Crippen molar-refractivity contribution >= 4 is 33.2 Å². The molecule has 1 atom stereocenters. The molecule has 0 radical (unpaired) electrons. The lowest BCUT2D eigenvalue weighted by molar-refractivity contribution is -0.384. The summed E-state index contributed by atoms with van der Waals surface area (Å²) in [6.07, 6.45) is 0. The number of nitrogens with zero attached hydrogens (tertiary/aromatic N) is 2. The molecule has 0 heterocycles. The molecule has 1 amide bonds. The Kier molecular flexibility index (Phi) is 6.69. The van der Waals surface area contributed by atoms with E-state index in [4.69, 9.17) is 17.3 Å². The minimum Gasteiger partial charge on any atom is -0.368 e. The maximum Gasteiger partial charge on any atom is 0.269 e. The Labute approximate surface area is 184 Å². The van der Waals surface area contributed by atoms with E-state index in [9.17, 15) is 23.3 Å². The van der Waals surface area contributed by atoms with Crippen molar-refractivity contribution in [1.29, 1.82) is 0 Å². The van der Waals surface area contributed by atoms with E-state index in [0.29, 0.717) is 16.1 Å². The largest absolute Gasteiger partial charge is 0.368 e. The normalized spacial score (nSPS) is 12.5. The molecule has 0 saturated heterocycles. The molecular formula is C21H18ClN3O5S. The van der Waals surface area contributed by atoms with Gasteiger partial charge in [-0.1, -0.05) is 54.1 Å². The zero-order valence-electron chi connectivity index (χ0n) is 16.1. The Hall–Kier alpha value is -3.27. The summed E-state index contributed by atoms with van der Waals surface area (Å²) in [4.78, 5) is 22.7. The van der Waals surface area contributed by atoms with Gasteiger partial charge in [-0.3, -0.25) is 14.9 Å². The van der Waals surface area contributed by atoms with Gasteiger partial charge < -0.3 is 5.73 Å². The highest BCUT2D eigenvalue weighted by atomic mass is 35.5. The molecular weight excluding hydrogens is 442 g/mol. The molecule has 2 N–H and O–H groups in total. The van der Waals surface area contributed by atoms with Crippen molar-refractivity contribution in [1.82, 2.24) is 4.31 Å². The van der Waals surface area contributed by atoms with Gasteiger partial charge in [-0.05, 0) is 35.4 Å². The zero-order chi connectivity index (χ0) is 22.6. The van der Waals surface area contributed by atoms with Crippen LogP contribution in [0.4, 0.5) is 5.69 Å². The summed E-state index contributed by atoms with van der Waals surface area (Å²) in [6.45, 7) is -0.231. The fourth-order valence-corrected chi connectivity index (χ4v) is 4.77. The standard InChI is InChI=1S/C21H18ClN3O5S/c22-17-8-12-19(13-9-17)31(29,30)24(14-15-6-10-18(11-7-15)25(27)28)20(21(23)26)16-4-2-1-3-5-16/h1-13,20H,14H2,(H2,23,26). The highest BCUT2D eigenvalue weighted by molar-refractivity contribution is 7.89. The average molecular weight is 460 g/mol. The van der Waals surface area contributed by atoms with Crippen LogP contribution in [0.15, 0.2) is 83.8 Å². The van der Waals surface area contributed by atoms with E-state index in [2.05, 4.69) is 0 Å². The molecule has 3 aromatic rings. The van der Waals surface area contributed by atoms with Crippen molar-refractivity contribution in [3.05, 3.63) is 105 Å². The lowest BCUT2D eigenvalue weighted by Gasteiger charge is -2.29. The van der Waals surface area contributed by atoms with Crippen LogP contribution in [0.1, 0.15) is 17.2 Å². The number of rotatable bonds is 8. The number of non-ortho nitro benzene ring substituents is 1. The predicted octanol–water partition coefficient (Wildman–Crippen LogP) is 3.67. The van der Waals surface area contributed by atoms with Crippen LogP contribution in [0.2, 0.25) is 5.02 Å². The van der Waals surface area contributed by atoms with Gasteiger partial charge in [0, 0.05) is 23.7 Å². The van der Waals surface area contributed by atoms with Gasteiger partial charge in [-0.15, -0.1) is 0 Å². The van der Waals surface area contributed by atoms with E-state index in [-0.39, 0.29) is 17.1 Å². The van der Waals surface area contributed by atoms with Crippen molar-refractivity contribution in [2.24, 2.45) is 5.73 Å². The molecule has 1 unspecified atom stereocenters. The minimum absolute atomic E-state index is 0.0685. The van der Waals surface area contributed by atoms with Crippen molar-refractivity contribution in [2.45, 2.75) is 17.5 Å². The number of amides is 1. The van der Waals surface area contributed by atoms with Gasteiger partial charge >= 0.3 is 0 Å². The Morgan fingerprint density at radius 2 is 1.58 bits per heavy atom. The summed E-state index contributed by atoms with van der Waals surface area (Å²) in [5.74, 6) is -0.856. The molecule has 8 nitrogen and oxygen atoms in total. The quantitative estimate of drug-likeness (QED) is 0.406. The second-order valence-corrected chi connectivity index (χ2v) is 8.97. The fraction of sp³-hybridized carbons (Fsp3) is 0.0952. The number of primary amides is 1. The van der Waals surface area contributed by atoms with E-state index < -0.39 is 26.9 Å². The van der Waals surface area contributed by atoms with Crippen LogP contribution in [0.25, 0.3) is 0 Å². The third-order valence-electron chi connectivity index (χ3n) is 4.58. The molecule has 3 rings (SSSR count). The monoisotopic (exact) mass is 459 g/mol. The van der Waals surface area contributed by atoms with Gasteiger partial charge in [0.1, 0.15) is 6.04 Å². The second-order valence-electron chi connectivity index (χ2n) is 6.64. The van der Waals surface area contributed by atoms with Crippen molar-refractivity contribution in [2.75, 3.05) is 0 Å². The van der Waals surface area contributed by atoms with E-state index in [1.54, 1.807) is 30.3 Å².